The normalized spacial score (nSPS) is 21.8. The second-order valence-corrected chi connectivity index (χ2v) is 7.24. The van der Waals surface area contributed by atoms with Crippen molar-refractivity contribution >= 4 is 39.2 Å². The second kappa shape index (κ2) is 6.68. The average Bonchev–Trinajstić information content (AvgIpc) is 2.82. The summed E-state index contributed by atoms with van der Waals surface area (Å²) in [5, 5.41) is 11.6. The highest BCUT2D eigenvalue weighted by Crippen LogP contribution is 2.22. The summed E-state index contributed by atoms with van der Waals surface area (Å²) in [6, 6.07) is 1.99. The number of likely N-dealkylation sites (tertiary alicyclic amines) is 1. The van der Waals surface area contributed by atoms with Gasteiger partial charge in [0.05, 0.1) is 9.89 Å². The third kappa shape index (κ3) is 4.16. The van der Waals surface area contributed by atoms with Crippen LogP contribution in [0.5, 0.6) is 0 Å². The van der Waals surface area contributed by atoms with E-state index in [9.17, 15) is 9.90 Å². The predicted octanol–water partition coefficient (Wildman–Crippen LogP) is 3.14. The molecule has 3 nitrogen and oxygen atoms in total. The van der Waals surface area contributed by atoms with Crippen molar-refractivity contribution in [2.75, 3.05) is 13.1 Å². The van der Waals surface area contributed by atoms with E-state index >= 15 is 0 Å². The SMILES string of the molecule is CC(O)C1CCCN(C(=O)/C=C/c2csc(Br)c2)C1. The standard InChI is InChI=1S/C14H18BrNO2S/c1-10(17)12-3-2-6-16(8-12)14(18)5-4-11-7-13(15)19-9-11/h4-5,7,9-10,12,17H,2-3,6,8H2,1H3/b5-4+. The summed E-state index contributed by atoms with van der Waals surface area (Å²) in [7, 11) is 0. The fraction of sp³-hybridized carbons (Fsp3) is 0.500. The number of thiophene rings is 1. The Morgan fingerprint density at radius 2 is 2.47 bits per heavy atom. The van der Waals surface area contributed by atoms with E-state index in [-0.39, 0.29) is 17.9 Å². The summed E-state index contributed by atoms with van der Waals surface area (Å²) < 4.78 is 1.06. The molecule has 1 aromatic heterocycles. The molecule has 5 heteroatoms. The summed E-state index contributed by atoms with van der Waals surface area (Å²) >= 11 is 5.00. The quantitative estimate of drug-likeness (QED) is 0.856. The zero-order valence-electron chi connectivity index (χ0n) is 10.9. The van der Waals surface area contributed by atoms with Gasteiger partial charge in [-0.25, -0.2) is 0 Å². The zero-order chi connectivity index (χ0) is 13.8. The number of rotatable bonds is 3. The van der Waals surface area contributed by atoms with E-state index in [2.05, 4.69) is 15.9 Å². The Morgan fingerprint density at radius 1 is 1.68 bits per heavy atom. The molecule has 1 saturated heterocycles. The lowest BCUT2D eigenvalue weighted by atomic mass is 9.93. The molecule has 19 heavy (non-hydrogen) atoms. The molecule has 2 rings (SSSR count). The van der Waals surface area contributed by atoms with Gasteiger partial charge in [0.15, 0.2) is 0 Å². The molecule has 1 aliphatic rings. The largest absolute Gasteiger partial charge is 0.393 e. The molecular formula is C14H18BrNO2S. The van der Waals surface area contributed by atoms with Gasteiger partial charge in [-0.2, -0.15) is 0 Å². The molecule has 0 aromatic carbocycles. The zero-order valence-corrected chi connectivity index (χ0v) is 13.3. The molecule has 0 spiro atoms. The first kappa shape index (κ1) is 14.8. The van der Waals surface area contributed by atoms with Crippen molar-refractivity contribution in [2.24, 2.45) is 5.92 Å². The molecule has 104 valence electrons. The van der Waals surface area contributed by atoms with Crippen LogP contribution in [-0.2, 0) is 4.79 Å². The van der Waals surface area contributed by atoms with Crippen molar-refractivity contribution < 1.29 is 9.90 Å². The van der Waals surface area contributed by atoms with E-state index in [1.165, 1.54) is 0 Å². The van der Waals surface area contributed by atoms with Crippen molar-refractivity contribution in [2.45, 2.75) is 25.9 Å². The Kier molecular flexibility index (Phi) is 5.19. The molecule has 0 bridgehead atoms. The van der Waals surface area contributed by atoms with E-state index in [1.54, 1.807) is 24.3 Å². The maximum absolute atomic E-state index is 12.1. The van der Waals surface area contributed by atoms with Crippen molar-refractivity contribution in [3.05, 3.63) is 26.9 Å². The van der Waals surface area contributed by atoms with Gasteiger partial charge in [0.2, 0.25) is 5.91 Å². The van der Waals surface area contributed by atoms with Crippen molar-refractivity contribution in [3.63, 3.8) is 0 Å². The monoisotopic (exact) mass is 343 g/mol. The van der Waals surface area contributed by atoms with Crippen LogP contribution in [0.1, 0.15) is 25.3 Å². The number of halogens is 1. The number of hydrogen-bond donors (Lipinski definition) is 1. The molecule has 1 fully saturated rings. The molecule has 2 heterocycles. The first-order chi connectivity index (χ1) is 9.06. The molecule has 1 aliphatic heterocycles. The highest BCUT2D eigenvalue weighted by Gasteiger charge is 2.25. The summed E-state index contributed by atoms with van der Waals surface area (Å²) in [6.45, 7) is 3.26. The minimum Gasteiger partial charge on any atom is -0.393 e. The number of amides is 1. The lowest BCUT2D eigenvalue weighted by Gasteiger charge is -2.33. The number of hydrogen-bond acceptors (Lipinski definition) is 3. The fourth-order valence-corrected chi connectivity index (χ4v) is 3.43. The van der Waals surface area contributed by atoms with Crippen LogP contribution in [0.25, 0.3) is 6.08 Å². The van der Waals surface area contributed by atoms with Gasteiger partial charge in [0.25, 0.3) is 0 Å². The van der Waals surface area contributed by atoms with Gasteiger partial charge in [-0.05, 0) is 58.8 Å². The van der Waals surface area contributed by atoms with Crippen LogP contribution < -0.4 is 0 Å². The number of aliphatic hydroxyl groups is 1. The van der Waals surface area contributed by atoms with Crippen LogP contribution in [0.3, 0.4) is 0 Å². The van der Waals surface area contributed by atoms with Crippen LogP contribution in [0, 0.1) is 5.92 Å². The smallest absolute Gasteiger partial charge is 0.246 e. The summed E-state index contributed by atoms with van der Waals surface area (Å²) in [5.74, 6) is 0.245. The number of nitrogens with zero attached hydrogens (tertiary/aromatic N) is 1. The Balaban J connectivity index is 1.94. The van der Waals surface area contributed by atoms with Crippen molar-refractivity contribution in [1.29, 1.82) is 0 Å². The third-order valence-electron chi connectivity index (χ3n) is 3.46. The molecule has 0 radical (unpaired) electrons. The fourth-order valence-electron chi connectivity index (χ4n) is 2.29. The maximum atomic E-state index is 12.1. The Labute approximate surface area is 126 Å². The highest BCUT2D eigenvalue weighted by atomic mass is 79.9. The molecule has 1 amide bonds. The summed E-state index contributed by atoms with van der Waals surface area (Å²) in [6.07, 6.45) is 5.10. The topological polar surface area (TPSA) is 40.5 Å². The van der Waals surface area contributed by atoms with Gasteiger partial charge >= 0.3 is 0 Å². The van der Waals surface area contributed by atoms with Crippen molar-refractivity contribution in [1.82, 2.24) is 4.90 Å². The maximum Gasteiger partial charge on any atom is 0.246 e. The van der Waals surface area contributed by atoms with E-state index in [1.807, 2.05) is 22.4 Å². The molecule has 1 aromatic rings. The van der Waals surface area contributed by atoms with Gasteiger partial charge in [0, 0.05) is 25.1 Å². The van der Waals surface area contributed by atoms with Crippen LogP contribution in [0.2, 0.25) is 0 Å². The lowest BCUT2D eigenvalue weighted by molar-refractivity contribution is -0.128. The molecule has 0 saturated carbocycles. The van der Waals surface area contributed by atoms with Gasteiger partial charge in [-0.15, -0.1) is 11.3 Å². The minimum absolute atomic E-state index is 0.0349. The molecule has 2 atom stereocenters. The second-order valence-electron chi connectivity index (χ2n) is 4.94. The van der Waals surface area contributed by atoms with Crippen LogP contribution in [0.15, 0.2) is 21.3 Å². The Morgan fingerprint density at radius 3 is 3.11 bits per heavy atom. The summed E-state index contributed by atoms with van der Waals surface area (Å²) in [4.78, 5) is 13.9. The van der Waals surface area contributed by atoms with E-state index < -0.39 is 0 Å². The third-order valence-corrected chi connectivity index (χ3v) is 4.98. The number of aliphatic hydroxyl groups excluding tert-OH is 1. The van der Waals surface area contributed by atoms with E-state index in [0.29, 0.717) is 6.54 Å². The van der Waals surface area contributed by atoms with Crippen LogP contribution in [-0.4, -0.2) is 35.1 Å². The Hall–Kier alpha value is -0.650. The van der Waals surface area contributed by atoms with Crippen LogP contribution in [0.4, 0.5) is 0 Å². The molecular weight excluding hydrogens is 326 g/mol. The van der Waals surface area contributed by atoms with Gasteiger partial charge in [-0.3, -0.25) is 4.79 Å². The van der Waals surface area contributed by atoms with Gasteiger partial charge in [-0.1, -0.05) is 0 Å². The lowest BCUT2D eigenvalue weighted by Crippen LogP contribution is -2.42. The highest BCUT2D eigenvalue weighted by molar-refractivity contribution is 9.11. The average molecular weight is 344 g/mol. The molecule has 0 aliphatic carbocycles. The molecule has 2 unspecified atom stereocenters. The number of carbonyl (C=O) groups is 1. The van der Waals surface area contributed by atoms with Crippen LogP contribution >= 0.6 is 27.3 Å². The van der Waals surface area contributed by atoms with Gasteiger partial charge in [0.1, 0.15) is 0 Å². The van der Waals surface area contributed by atoms with E-state index in [4.69, 9.17) is 0 Å². The van der Waals surface area contributed by atoms with Crippen molar-refractivity contribution in [3.8, 4) is 0 Å². The predicted molar refractivity (Wildman–Crippen MR) is 82.0 cm³/mol. The Bertz CT molecular complexity index is 470. The number of piperidine rings is 1. The number of carbonyl (C=O) groups excluding carboxylic acids is 1. The molecule has 1 N–H and O–H groups in total. The van der Waals surface area contributed by atoms with Gasteiger partial charge < -0.3 is 10.0 Å². The van der Waals surface area contributed by atoms with E-state index in [0.717, 1.165) is 28.7 Å². The minimum atomic E-state index is -0.340. The first-order valence-electron chi connectivity index (χ1n) is 6.45. The summed E-state index contributed by atoms with van der Waals surface area (Å²) in [5.41, 5.74) is 1.04. The first-order valence-corrected chi connectivity index (χ1v) is 8.12.